The summed E-state index contributed by atoms with van der Waals surface area (Å²) in [6.07, 6.45) is 6.45. The minimum atomic E-state index is 0.273. The Hall–Kier alpha value is -0.300. The zero-order chi connectivity index (χ0) is 12.0. The number of allylic oxidation sites excluding steroid dienone is 1. The van der Waals surface area contributed by atoms with Crippen molar-refractivity contribution < 1.29 is 5.11 Å². The SMILES string of the molecule is CC1=C(CO)[C@@]2(C)CCCC(C)(C)[C@@H]2CC1. The molecule has 1 nitrogen and oxygen atoms in total. The van der Waals surface area contributed by atoms with E-state index < -0.39 is 0 Å². The number of rotatable bonds is 1. The molecular weight excluding hydrogens is 196 g/mol. The molecule has 0 aliphatic heterocycles. The van der Waals surface area contributed by atoms with Crippen LogP contribution in [-0.2, 0) is 0 Å². The maximum atomic E-state index is 9.68. The summed E-state index contributed by atoms with van der Waals surface area (Å²) < 4.78 is 0. The lowest BCUT2D eigenvalue weighted by molar-refractivity contribution is 0.00584. The molecule has 1 fully saturated rings. The van der Waals surface area contributed by atoms with Crippen LogP contribution >= 0.6 is 0 Å². The van der Waals surface area contributed by atoms with Crippen LogP contribution in [0.1, 0.15) is 59.8 Å². The van der Waals surface area contributed by atoms with Gasteiger partial charge in [0, 0.05) is 0 Å². The number of hydrogen-bond donors (Lipinski definition) is 1. The van der Waals surface area contributed by atoms with Gasteiger partial charge in [0.2, 0.25) is 0 Å². The molecule has 2 atom stereocenters. The Morgan fingerprint density at radius 2 is 1.94 bits per heavy atom. The normalized spacial score (nSPS) is 38.4. The summed E-state index contributed by atoms with van der Waals surface area (Å²) in [5.41, 5.74) is 3.54. The van der Waals surface area contributed by atoms with Crippen LogP contribution in [0.25, 0.3) is 0 Å². The van der Waals surface area contributed by atoms with Gasteiger partial charge in [0.15, 0.2) is 0 Å². The van der Waals surface area contributed by atoms with Gasteiger partial charge in [0.25, 0.3) is 0 Å². The van der Waals surface area contributed by atoms with Crippen LogP contribution in [0.15, 0.2) is 11.1 Å². The van der Waals surface area contributed by atoms with E-state index in [9.17, 15) is 5.11 Å². The average molecular weight is 222 g/mol. The van der Waals surface area contributed by atoms with E-state index in [2.05, 4.69) is 27.7 Å². The fourth-order valence-electron chi connectivity index (χ4n) is 4.51. The average Bonchev–Trinajstić information content (AvgIpc) is 2.15. The van der Waals surface area contributed by atoms with Gasteiger partial charge >= 0.3 is 0 Å². The van der Waals surface area contributed by atoms with Gasteiger partial charge in [0.05, 0.1) is 6.61 Å². The van der Waals surface area contributed by atoms with Gasteiger partial charge in [-0.05, 0) is 54.9 Å². The summed E-state index contributed by atoms with van der Waals surface area (Å²) in [4.78, 5) is 0. The summed E-state index contributed by atoms with van der Waals surface area (Å²) in [6, 6.07) is 0. The lowest BCUT2D eigenvalue weighted by Crippen LogP contribution is -2.46. The lowest BCUT2D eigenvalue weighted by atomic mass is 9.50. The molecule has 2 aliphatic rings. The topological polar surface area (TPSA) is 20.2 Å². The van der Waals surface area contributed by atoms with Gasteiger partial charge in [0.1, 0.15) is 0 Å². The Balaban J connectivity index is 2.42. The van der Waals surface area contributed by atoms with Crippen molar-refractivity contribution >= 4 is 0 Å². The molecule has 0 unspecified atom stereocenters. The molecule has 0 bridgehead atoms. The largest absolute Gasteiger partial charge is 0.392 e. The van der Waals surface area contributed by atoms with E-state index in [0.717, 1.165) is 5.92 Å². The summed E-state index contributed by atoms with van der Waals surface area (Å²) >= 11 is 0. The smallest absolute Gasteiger partial charge is 0.0649 e. The highest BCUT2D eigenvalue weighted by Gasteiger charge is 2.49. The molecule has 92 valence electrons. The highest BCUT2D eigenvalue weighted by molar-refractivity contribution is 5.27. The highest BCUT2D eigenvalue weighted by atomic mass is 16.3. The van der Waals surface area contributed by atoms with Crippen LogP contribution < -0.4 is 0 Å². The molecule has 2 rings (SSSR count). The van der Waals surface area contributed by atoms with E-state index in [1.54, 1.807) is 0 Å². The van der Waals surface area contributed by atoms with Gasteiger partial charge in [-0.15, -0.1) is 0 Å². The predicted molar refractivity (Wildman–Crippen MR) is 68.2 cm³/mol. The first kappa shape index (κ1) is 12.2. The number of fused-ring (bicyclic) bond motifs is 1. The van der Waals surface area contributed by atoms with Crippen LogP contribution in [0.5, 0.6) is 0 Å². The molecule has 0 heterocycles. The second kappa shape index (κ2) is 3.87. The van der Waals surface area contributed by atoms with Crippen molar-refractivity contribution in [3.63, 3.8) is 0 Å². The van der Waals surface area contributed by atoms with Crippen molar-refractivity contribution in [3.05, 3.63) is 11.1 Å². The standard InChI is InChI=1S/C15H26O/c1-11-6-7-13-14(2,3)8-5-9-15(13,4)12(11)10-16/h13,16H,5-10H2,1-4H3/t13-,15+/m0/s1. The third-order valence-electron chi connectivity index (χ3n) is 5.40. The van der Waals surface area contributed by atoms with Crippen LogP contribution in [0.2, 0.25) is 0 Å². The van der Waals surface area contributed by atoms with Gasteiger partial charge in [-0.25, -0.2) is 0 Å². The minimum Gasteiger partial charge on any atom is -0.392 e. The molecule has 0 aromatic heterocycles. The molecule has 1 N–H and O–H groups in total. The molecule has 0 aromatic carbocycles. The summed E-state index contributed by atoms with van der Waals surface area (Å²) in [5.74, 6) is 0.764. The Morgan fingerprint density at radius 1 is 1.25 bits per heavy atom. The van der Waals surface area contributed by atoms with E-state index in [4.69, 9.17) is 0 Å². The van der Waals surface area contributed by atoms with Crippen LogP contribution in [0.3, 0.4) is 0 Å². The van der Waals surface area contributed by atoms with Crippen LogP contribution in [-0.4, -0.2) is 11.7 Å². The first-order chi connectivity index (χ1) is 7.42. The molecule has 16 heavy (non-hydrogen) atoms. The zero-order valence-corrected chi connectivity index (χ0v) is 11.3. The first-order valence-electron chi connectivity index (χ1n) is 6.72. The Labute approximate surface area is 99.9 Å². The maximum absolute atomic E-state index is 9.68. The fourth-order valence-corrected chi connectivity index (χ4v) is 4.51. The number of aliphatic hydroxyl groups is 1. The second-order valence-electron chi connectivity index (χ2n) is 6.77. The van der Waals surface area contributed by atoms with E-state index >= 15 is 0 Å². The van der Waals surface area contributed by atoms with E-state index in [1.165, 1.54) is 43.3 Å². The van der Waals surface area contributed by atoms with E-state index in [1.807, 2.05) is 0 Å². The number of hydrogen-bond acceptors (Lipinski definition) is 1. The second-order valence-corrected chi connectivity index (χ2v) is 6.77. The Kier molecular flexibility index (Phi) is 2.94. The maximum Gasteiger partial charge on any atom is 0.0649 e. The van der Waals surface area contributed by atoms with Crippen molar-refractivity contribution in [2.45, 2.75) is 59.8 Å². The Morgan fingerprint density at radius 3 is 2.56 bits per heavy atom. The Bertz CT molecular complexity index is 313. The molecular formula is C15H26O. The van der Waals surface area contributed by atoms with Gasteiger partial charge in [-0.3, -0.25) is 0 Å². The zero-order valence-electron chi connectivity index (χ0n) is 11.3. The summed E-state index contributed by atoms with van der Waals surface area (Å²) in [5, 5.41) is 9.68. The fraction of sp³-hybridized carbons (Fsp3) is 0.867. The molecule has 0 saturated heterocycles. The quantitative estimate of drug-likeness (QED) is 0.667. The molecule has 0 aromatic rings. The van der Waals surface area contributed by atoms with Gasteiger partial charge in [-0.2, -0.15) is 0 Å². The van der Waals surface area contributed by atoms with Crippen molar-refractivity contribution in [2.24, 2.45) is 16.7 Å². The summed E-state index contributed by atoms with van der Waals surface area (Å²) in [7, 11) is 0. The van der Waals surface area contributed by atoms with E-state index in [-0.39, 0.29) is 12.0 Å². The van der Waals surface area contributed by atoms with Crippen molar-refractivity contribution in [3.8, 4) is 0 Å². The van der Waals surface area contributed by atoms with Gasteiger partial charge in [-0.1, -0.05) is 32.8 Å². The highest BCUT2D eigenvalue weighted by Crippen LogP contribution is 2.59. The molecule has 1 heteroatoms. The van der Waals surface area contributed by atoms with Crippen molar-refractivity contribution in [1.29, 1.82) is 0 Å². The molecule has 0 amide bonds. The first-order valence-corrected chi connectivity index (χ1v) is 6.72. The molecule has 0 spiro atoms. The predicted octanol–water partition coefficient (Wildman–Crippen LogP) is 3.92. The van der Waals surface area contributed by atoms with E-state index in [0.29, 0.717) is 5.41 Å². The summed E-state index contributed by atoms with van der Waals surface area (Å²) in [6.45, 7) is 9.73. The van der Waals surface area contributed by atoms with Crippen LogP contribution in [0.4, 0.5) is 0 Å². The monoisotopic (exact) mass is 222 g/mol. The molecule has 2 aliphatic carbocycles. The van der Waals surface area contributed by atoms with Crippen molar-refractivity contribution in [2.75, 3.05) is 6.61 Å². The van der Waals surface area contributed by atoms with Gasteiger partial charge < -0.3 is 5.11 Å². The molecule has 1 saturated carbocycles. The third kappa shape index (κ3) is 1.64. The van der Waals surface area contributed by atoms with Crippen molar-refractivity contribution in [1.82, 2.24) is 0 Å². The van der Waals surface area contributed by atoms with Crippen LogP contribution in [0, 0.1) is 16.7 Å². The third-order valence-corrected chi connectivity index (χ3v) is 5.40. The molecule has 0 radical (unpaired) electrons. The lowest BCUT2D eigenvalue weighted by Gasteiger charge is -2.54. The minimum absolute atomic E-state index is 0.273. The number of aliphatic hydroxyl groups excluding tert-OH is 1.